The molecule has 0 atom stereocenters. The summed E-state index contributed by atoms with van der Waals surface area (Å²) in [5, 5.41) is 5.83. The zero-order chi connectivity index (χ0) is 19.0. The number of carbonyl (C=O) groups excluding carboxylic acids is 1. The summed E-state index contributed by atoms with van der Waals surface area (Å²) < 4.78 is 26.6. The van der Waals surface area contributed by atoms with Gasteiger partial charge in [0.2, 0.25) is 0 Å². The van der Waals surface area contributed by atoms with Crippen LogP contribution in [0.25, 0.3) is 16.9 Å². The first-order valence-electron chi connectivity index (χ1n) is 8.48. The van der Waals surface area contributed by atoms with Crippen molar-refractivity contribution in [2.24, 2.45) is 0 Å². The van der Waals surface area contributed by atoms with Gasteiger partial charge in [0.15, 0.2) is 11.5 Å². The van der Waals surface area contributed by atoms with Crippen LogP contribution < -0.4 is 10.6 Å². The van der Waals surface area contributed by atoms with E-state index >= 15 is 0 Å². The van der Waals surface area contributed by atoms with Crippen molar-refractivity contribution in [3.05, 3.63) is 47.4 Å². The van der Waals surface area contributed by atoms with E-state index in [4.69, 9.17) is 11.6 Å². The molecule has 0 bridgehead atoms. The van der Waals surface area contributed by atoms with Crippen molar-refractivity contribution in [2.75, 3.05) is 11.9 Å². The number of alkyl halides is 2. The Hall–Kier alpha value is -2.74. The van der Waals surface area contributed by atoms with Crippen molar-refractivity contribution in [1.29, 1.82) is 0 Å². The van der Waals surface area contributed by atoms with Crippen LogP contribution in [0.3, 0.4) is 0 Å². The highest BCUT2D eigenvalue weighted by atomic mass is 35.5. The van der Waals surface area contributed by atoms with Crippen LogP contribution in [0.1, 0.15) is 23.2 Å². The number of anilines is 1. The van der Waals surface area contributed by atoms with Gasteiger partial charge in [-0.2, -0.15) is 0 Å². The lowest BCUT2D eigenvalue weighted by atomic mass is 10.1. The first kappa shape index (κ1) is 17.7. The van der Waals surface area contributed by atoms with Crippen LogP contribution in [0, 0.1) is 0 Å². The second-order valence-electron chi connectivity index (χ2n) is 6.33. The fourth-order valence-corrected chi connectivity index (χ4v) is 3.05. The standard InChI is InChI=1S/C18H16ClF2N5O/c19-13-7-10(1-4-12(13)18(27)25-11-2-3-11)14-8-24-17-16(23-9-15(20)21)22-5-6-26(14)17/h1,4-8,11,15H,2-3,9H2,(H,22,23)(H,25,27). The molecule has 1 fully saturated rings. The van der Waals surface area contributed by atoms with Gasteiger partial charge >= 0.3 is 0 Å². The van der Waals surface area contributed by atoms with Crippen LogP contribution in [-0.2, 0) is 0 Å². The van der Waals surface area contributed by atoms with Crippen LogP contribution in [0.15, 0.2) is 36.8 Å². The molecule has 0 spiro atoms. The highest BCUT2D eigenvalue weighted by Gasteiger charge is 2.25. The summed E-state index contributed by atoms with van der Waals surface area (Å²) >= 11 is 6.31. The summed E-state index contributed by atoms with van der Waals surface area (Å²) in [4.78, 5) is 20.6. The summed E-state index contributed by atoms with van der Waals surface area (Å²) in [7, 11) is 0. The van der Waals surface area contributed by atoms with Gasteiger partial charge in [-0.3, -0.25) is 9.20 Å². The summed E-state index contributed by atoms with van der Waals surface area (Å²) in [5.74, 6) is 0.0884. The number of imidazole rings is 1. The normalized spacial score (nSPS) is 13.9. The molecule has 2 N–H and O–H groups in total. The maximum atomic E-state index is 12.5. The Kier molecular flexibility index (Phi) is 4.65. The lowest BCUT2D eigenvalue weighted by molar-refractivity contribution is 0.0951. The van der Waals surface area contributed by atoms with E-state index in [1.165, 1.54) is 6.20 Å². The van der Waals surface area contributed by atoms with Crippen molar-refractivity contribution in [2.45, 2.75) is 25.3 Å². The number of aromatic nitrogens is 3. The zero-order valence-corrected chi connectivity index (χ0v) is 14.9. The van der Waals surface area contributed by atoms with E-state index in [2.05, 4.69) is 20.6 Å². The lowest BCUT2D eigenvalue weighted by Gasteiger charge is -2.09. The first-order valence-corrected chi connectivity index (χ1v) is 8.85. The van der Waals surface area contributed by atoms with Crippen LogP contribution in [0.4, 0.5) is 14.6 Å². The number of halogens is 3. The highest BCUT2D eigenvalue weighted by Crippen LogP contribution is 2.28. The molecule has 6 nitrogen and oxygen atoms in total. The topological polar surface area (TPSA) is 71.3 Å². The minimum atomic E-state index is -2.49. The van der Waals surface area contributed by atoms with E-state index in [9.17, 15) is 13.6 Å². The molecular formula is C18H16ClF2N5O. The van der Waals surface area contributed by atoms with Crippen molar-refractivity contribution in [3.8, 4) is 11.3 Å². The zero-order valence-electron chi connectivity index (χ0n) is 14.1. The number of rotatable bonds is 6. The van der Waals surface area contributed by atoms with E-state index in [0.29, 0.717) is 21.9 Å². The van der Waals surface area contributed by atoms with Crippen molar-refractivity contribution < 1.29 is 13.6 Å². The quantitative estimate of drug-likeness (QED) is 0.673. The molecule has 0 unspecified atom stereocenters. The van der Waals surface area contributed by atoms with Gasteiger partial charge in [0, 0.05) is 24.0 Å². The molecule has 9 heteroatoms. The third kappa shape index (κ3) is 3.71. The molecule has 2 aromatic heterocycles. The van der Waals surface area contributed by atoms with Gasteiger partial charge in [0.05, 0.1) is 29.0 Å². The van der Waals surface area contributed by atoms with E-state index in [1.807, 2.05) is 0 Å². The predicted molar refractivity (Wildman–Crippen MR) is 98.4 cm³/mol. The molecule has 1 aliphatic rings. The molecular weight excluding hydrogens is 376 g/mol. The van der Waals surface area contributed by atoms with Gasteiger partial charge in [-0.15, -0.1) is 0 Å². The Morgan fingerprint density at radius 3 is 2.85 bits per heavy atom. The summed E-state index contributed by atoms with van der Waals surface area (Å²) in [5.41, 5.74) is 2.31. The summed E-state index contributed by atoms with van der Waals surface area (Å²) in [6.45, 7) is -0.508. The van der Waals surface area contributed by atoms with Crippen LogP contribution in [0.2, 0.25) is 5.02 Å². The van der Waals surface area contributed by atoms with Gasteiger partial charge in [0.25, 0.3) is 12.3 Å². The molecule has 140 valence electrons. The molecule has 1 saturated carbocycles. The first-order chi connectivity index (χ1) is 13.0. The van der Waals surface area contributed by atoms with Gasteiger partial charge in [-0.1, -0.05) is 17.7 Å². The maximum absolute atomic E-state index is 12.5. The third-order valence-corrected chi connectivity index (χ3v) is 4.59. The smallest absolute Gasteiger partial charge is 0.255 e. The number of amides is 1. The Morgan fingerprint density at radius 1 is 1.33 bits per heavy atom. The van der Waals surface area contributed by atoms with E-state index < -0.39 is 13.0 Å². The Bertz CT molecular complexity index is 1000. The largest absolute Gasteiger partial charge is 0.361 e. The molecule has 4 rings (SSSR count). The second-order valence-corrected chi connectivity index (χ2v) is 6.73. The summed E-state index contributed by atoms with van der Waals surface area (Å²) in [6.07, 6.45) is 4.31. The van der Waals surface area contributed by atoms with Crippen LogP contribution >= 0.6 is 11.6 Å². The fourth-order valence-electron chi connectivity index (χ4n) is 2.78. The average molecular weight is 392 g/mol. The lowest BCUT2D eigenvalue weighted by Crippen LogP contribution is -2.25. The molecule has 27 heavy (non-hydrogen) atoms. The molecule has 3 aromatic rings. The second kappa shape index (κ2) is 7.11. The van der Waals surface area contributed by atoms with Crippen molar-refractivity contribution >= 4 is 29.0 Å². The van der Waals surface area contributed by atoms with E-state index in [0.717, 1.165) is 18.4 Å². The number of hydrogen-bond donors (Lipinski definition) is 2. The van der Waals surface area contributed by atoms with Gasteiger partial charge in [-0.05, 0) is 25.0 Å². The molecule has 0 aliphatic heterocycles. The van der Waals surface area contributed by atoms with Crippen LogP contribution in [-0.4, -0.2) is 39.3 Å². The monoisotopic (exact) mass is 391 g/mol. The number of benzene rings is 1. The van der Waals surface area contributed by atoms with E-state index in [1.54, 1.807) is 35.0 Å². The highest BCUT2D eigenvalue weighted by molar-refractivity contribution is 6.34. The van der Waals surface area contributed by atoms with Crippen LogP contribution in [0.5, 0.6) is 0 Å². The maximum Gasteiger partial charge on any atom is 0.255 e. The Morgan fingerprint density at radius 2 is 2.15 bits per heavy atom. The minimum Gasteiger partial charge on any atom is -0.361 e. The number of nitrogens with zero attached hydrogens (tertiary/aromatic N) is 3. The number of hydrogen-bond acceptors (Lipinski definition) is 4. The van der Waals surface area contributed by atoms with Crippen molar-refractivity contribution in [3.63, 3.8) is 0 Å². The molecule has 2 heterocycles. The SMILES string of the molecule is O=C(NC1CC1)c1ccc(-c2cnc3c(NCC(F)F)nccn23)cc1Cl. The minimum absolute atomic E-state index is 0.185. The summed E-state index contributed by atoms with van der Waals surface area (Å²) in [6, 6.07) is 5.40. The molecule has 1 amide bonds. The Labute approximate surface area is 158 Å². The molecule has 0 radical (unpaired) electrons. The fraction of sp³-hybridized carbons (Fsp3) is 0.278. The van der Waals surface area contributed by atoms with Crippen molar-refractivity contribution in [1.82, 2.24) is 19.7 Å². The molecule has 0 saturated heterocycles. The number of carbonyl (C=O) groups is 1. The molecule has 1 aromatic carbocycles. The Balaban J connectivity index is 1.65. The average Bonchev–Trinajstić information content (AvgIpc) is 3.34. The number of fused-ring (bicyclic) bond motifs is 1. The van der Waals surface area contributed by atoms with Gasteiger partial charge in [-0.25, -0.2) is 18.7 Å². The molecule has 1 aliphatic carbocycles. The van der Waals surface area contributed by atoms with Gasteiger partial charge in [0.1, 0.15) is 0 Å². The predicted octanol–water partition coefficient (Wildman–Crippen LogP) is 3.62. The van der Waals surface area contributed by atoms with Gasteiger partial charge < -0.3 is 10.6 Å². The number of nitrogens with one attached hydrogen (secondary N) is 2. The third-order valence-electron chi connectivity index (χ3n) is 4.27. The van der Waals surface area contributed by atoms with E-state index in [-0.39, 0.29) is 17.8 Å².